The molecule has 4 aromatic heterocycles. The van der Waals surface area contributed by atoms with E-state index in [4.69, 9.17) is 14.7 Å². The molecule has 4 heterocycles. The summed E-state index contributed by atoms with van der Waals surface area (Å²) in [7, 11) is 0. The van der Waals surface area contributed by atoms with Gasteiger partial charge in [0.1, 0.15) is 5.82 Å². The molecule has 304 valence electrons. The fourth-order valence-electron chi connectivity index (χ4n) is 7.73. The summed E-state index contributed by atoms with van der Waals surface area (Å²) in [6.07, 6.45) is 7.30. The SMILES string of the molecule is CC(C)(C)c1cccc(-[n+]2[c-]n(-c3[c-]c(Oc4[c-]c5c(cc4)c4cc(-c6ccccc6)ccc4n5-c4cc(C(C)(C)C)ccn4)ccn3)c3cc(C(C)(C)C)ccc32)c1.[Pt]. The van der Waals surface area contributed by atoms with Gasteiger partial charge in [0.05, 0.1) is 22.5 Å². The first-order valence-electron chi connectivity index (χ1n) is 20.3. The smallest absolute Gasteiger partial charge is 0.269 e. The van der Waals surface area contributed by atoms with Crippen LogP contribution in [0.5, 0.6) is 11.5 Å². The number of rotatable bonds is 6. The summed E-state index contributed by atoms with van der Waals surface area (Å²) in [4.78, 5) is 9.71. The van der Waals surface area contributed by atoms with Crippen LogP contribution in [-0.2, 0) is 37.3 Å². The number of ether oxygens (including phenoxy) is 1. The van der Waals surface area contributed by atoms with Gasteiger partial charge in [0.15, 0.2) is 0 Å². The van der Waals surface area contributed by atoms with Gasteiger partial charge in [-0.3, -0.25) is 14.1 Å². The Morgan fingerprint density at radius 3 is 2.00 bits per heavy atom. The summed E-state index contributed by atoms with van der Waals surface area (Å²) >= 11 is 0. The van der Waals surface area contributed by atoms with E-state index in [2.05, 4.69) is 193 Å². The number of pyridine rings is 2. The molecule has 0 bridgehead atoms. The van der Waals surface area contributed by atoms with Crippen LogP contribution < -0.4 is 9.30 Å². The Kier molecular flexibility index (Phi) is 10.4. The standard InChI is InChI=1S/C53H49N5O.Pt/c1-51(2,3)37-16-13-17-40(29-37)56-34-57(48-30-38(52(4,5)6)19-23-46(48)56)49-33-42(25-27-54-49)59-41-20-21-43-44-28-36(35-14-11-10-12-15-35)18-22-45(44)58(47(43)32-41)50-31-39(24-26-55-50)53(7,8)9;/h10-31H,1-9H3;/q-2;. The summed E-state index contributed by atoms with van der Waals surface area (Å²) in [5.74, 6) is 2.50. The summed E-state index contributed by atoms with van der Waals surface area (Å²) in [5.41, 5.74) is 10.9. The first-order valence-corrected chi connectivity index (χ1v) is 20.3. The van der Waals surface area contributed by atoms with E-state index < -0.39 is 0 Å². The fourth-order valence-corrected chi connectivity index (χ4v) is 7.73. The van der Waals surface area contributed by atoms with Crippen LogP contribution in [0.2, 0.25) is 0 Å². The average Bonchev–Trinajstić information content (AvgIpc) is 3.76. The quantitative estimate of drug-likeness (QED) is 0.123. The van der Waals surface area contributed by atoms with E-state index >= 15 is 0 Å². The third-order valence-corrected chi connectivity index (χ3v) is 11.2. The molecule has 5 aromatic carbocycles. The van der Waals surface area contributed by atoms with E-state index in [1.54, 1.807) is 6.20 Å². The molecular formula is C53H49N5OPt-2. The molecule has 9 rings (SSSR count). The van der Waals surface area contributed by atoms with Crippen molar-refractivity contribution in [1.82, 2.24) is 19.1 Å². The average molecular weight is 967 g/mol. The van der Waals surface area contributed by atoms with Gasteiger partial charge >= 0.3 is 0 Å². The Morgan fingerprint density at radius 2 is 1.25 bits per heavy atom. The Bertz CT molecular complexity index is 3030. The van der Waals surface area contributed by atoms with Crippen molar-refractivity contribution >= 4 is 32.8 Å². The molecule has 0 saturated heterocycles. The molecular weight excluding hydrogens is 918 g/mol. The number of benzene rings is 5. The summed E-state index contributed by atoms with van der Waals surface area (Å²) in [5, 5.41) is 2.19. The molecule has 0 fully saturated rings. The number of hydrogen-bond acceptors (Lipinski definition) is 3. The molecule has 0 N–H and O–H groups in total. The second-order valence-corrected chi connectivity index (χ2v) is 18.6. The van der Waals surface area contributed by atoms with Gasteiger partial charge in [-0.1, -0.05) is 141 Å². The topological polar surface area (TPSA) is 48.8 Å². The largest absolute Gasteiger partial charge is 0.522 e. The van der Waals surface area contributed by atoms with Crippen LogP contribution in [0.3, 0.4) is 0 Å². The van der Waals surface area contributed by atoms with Gasteiger partial charge in [0.2, 0.25) is 0 Å². The van der Waals surface area contributed by atoms with Gasteiger partial charge in [0, 0.05) is 38.5 Å². The summed E-state index contributed by atoms with van der Waals surface area (Å²) in [6.45, 7) is 20.1. The summed E-state index contributed by atoms with van der Waals surface area (Å²) < 4.78 is 12.9. The van der Waals surface area contributed by atoms with E-state index in [1.165, 1.54) is 22.3 Å². The van der Waals surface area contributed by atoms with Crippen molar-refractivity contribution in [3.63, 3.8) is 0 Å². The van der Waals surface area contributed by atoms with Crippen molar-refractivity contribution in [2.75, 3.05) is 0 Å². The number of hydrogen-bond donors (Lipinski definition) is 0. The molecule has 0 radical (unpaired) electrons. The van der Waals surface area contributed by atoms with Crippen molar-refractivity contribution in [2.24, 2.45) is 0 Å². The van der Waals surface area contributed by atoms with Crippen LogP contribution in [0.1, 0.15) is 79.0 Å². The third-order valence-electron chi connectivity index (χ3n) is 11.2. The van der Waals surface area contributed by atoms with E-state index in [0.29, 0.717) is 17.3 Å². The minimum Gasteiger partial charge on any atom is -0.522 e. The van der Waals surface area contributed by atoms with Gasteiger partial charge in [-0.25, -0.2) is 4.98 Å². The fraction of sp³-hybridized carbons (Fsp3) is 0.226. The summed E-state index contributed by atoms with van der Waals surface area (Å²) in [6, 6.07) is 49.8. The zero-order valence-corrected chi connectivity index (χ0v) is 37.9. The van der Waals surface area contributed by atoms with Crippen LogP contribution in [0.4, 0.5) is 0 Å². The molecule has 0 aliphatic heterocycles. The molecule has 0 saturated carbocycles. The van der Waals surface area contributed by atoms with E-state index in [9.17, 15) is 0 Å². The number of aromatic nitrogens is 5. The number of fused-ring (bicyclic) bond motifs is 4. The Labute approximate surface area is 367 Å². The van der Waals surface area contributed by atoms with Crippen molar-refractivity contribution < 1.29 is 30.4 Å². The van der Waals surface area contributed by atoms with Crippen LogP contribution in [-0.4, -0.2) is 19.1 Å². The normalized spacial score (nSPS) is 12.3. The van der Waals surface area contributed by atoms with Gasteiger partial charge in [0.25, 0.3) is 6.33 Å². The van der Waals surface area contributed by atoms with E-state index in [1.807, 2.05) is 29.0 Å². The van der Waals surface area contributed by atoms with Crippen LogP contribution in [0.15, 0.2) is 134 Å². The second kappa shape index (κ2) is 15.3. The zero-order valence-electron chi connectivity index (χ0n) is 35.7. The predicted octanol–water partition coefficient (Wildman–Crippen LogP) is 12.5. The van der Waals surface area contributed by atoms with Crippen LogP contribution in [0, 0.1) is 18.5 Å². The first-order chi connectivity index (χ1) is 28.1. The Hall–Kier alpha value is -5.84. The maximum atomic E-state index is 6.62. The number of nitrogens with zero attached hydrogens (tertiary/aromatic N) is 5. The van der Waals surface area contributed by atoms with Gasteiger partial charge < -0.3 is 9.30 Å². The van der Waals surface area contributed by atoms with Crippen molar-refractivity contribution in [3.8, 4) is 39.9 Å². The monoisotopic (exact) mass is 966 g/mol. The van der Waals surface area contributed by atoms with Gasteiger partial charge in [-0.2, -0.15) is 18.2 Å². The maximum absolute atomic E-state index is 6.62. The molecule has 0 atom stereocenters. The van der Waals surface area contributed by atoms with Crippen molar-refractivity contribution in [1.29, 1.82) is 0 Å². The Balaban J connectivity index is 0.00000499. The molecule has 60 heavy (non-hydrogen) atoms. The molecule has 0 amide bonds. The molecule has 7 heteroatoms. The molecule has 0 spiro atoms. The molecule has 0 aliphatic carbocycles. The molecule has 0 aliphatic rings. The van der Waals surface area contributed by atoms with Crippen molar-refractivity contribution in [3.05, 3.63) is 169 Å². The number of imidazole rings is 1. The van der Waals surface area contributed by atoms with Gasteiger partial charge in [-0.15, -0.1) is 17.5 Å². The predicted molar refractivity (Wildman–Crippen MR) is 239 cm³/mol. The van der Waals surface area contributed by atoms with Crippen LogP contribution in [0.25, 0.3) is 61.3 Å². The zero-order chi connectivity index (χ0) is 41.3. The molecule has 0 unspecified atom stereocenters. The first kappa shape index (κ1) is 40.9. The van der Waals surface area contributed by atoms with Gasteiger partial charge in [-0.05, 0) is 91.6 Å². The second-order valence-electron chi connectivity index (χ2n) is 18.6. The minimum absolute atomic E-state index is 0. The Morgan fingerprint density at radius 1 is 0.550 bits per heavy atom. The molecule has 9 aromatic rings. The van der Waals surface area contributed by atoms with E-state index in [0.717, 1.165) is 49.9 Å². The van der Waals surface area contributed by atoms with Crippen LogP contribution >= 0.6 is 0 Å². The van der Waals surface area contributed by atoms with Crippen molar-refractivity contribution in [2.45, 2.75) is 78.6 Å². The minimum atomic E-state index is -0.0496. The molecule has 6 nitrogen and oxygen atoms in total. The third kappa shape index (κ3) is 7.70. The maximum Gasteiger partial charge on any atom is 0.269 e. The van der Waals surface area contributed by atoms with E-state index in [-0.39, 0.29) is 37.3 Å².